The molecule has 0 radical (unpaired) electrons. The Bertz CT molecular complexity index is 634. The van der Waals surface area contributed by atoms with E-state index in [9.17, 15) is 5.11 Å². The minimum Gasteiger partial charge on any atom is -0.508 e. The highest BCUT2D eigenvalue weighted by Crippen LogP contribution is 2.11. The average Bonchev–Trinajstić information content (AvgIpc) is 2.37. The molecule has 0 atom stereocenters. The van der Waals surface area contributed by atoms with Crippen molar-refractivity contribution < 1.29 is 5.11 Å². The van der Waals surface area contributed by atoms with Gasteiger partial charge in [-0.2, -0.15) is 0 Å². The van der Waals surface area contributed by atoms with E-state index in [-0.39, 0.29) is 11.7 Å². The van der Waals surface area contributed by atoms with E-state index in [1.54, 1.807) is 18.2 Å². The first-order valence-corrected chi connectivity index (χ1v) is 6.70. The van der Waals surface area contributed by atoms with Crippen molar-refractivity contribution in [1.82, 2.24) is 9.97 Å². The lowest BCUT2D eigenvalue weighted by Crippen LogP contribution is -2.24. The molecule has 0 amide bonds. The van der Waals surface area contributed by atoms with E-state index in [4.69, 9.17) is 5.73 Å². The third kappa shape index (κ3) is 4.76. The second-order valence-corrected chi connectivity index (χ2v) is 4.79. The number of aliphatic imine (C=N–C) groups is 1. The quantitative estimate of drug-likeness (QED) is 0.587. The molecular weight excluding hydrogens is 266 g/mol. The van der Waals surface area contributed by atoms with Crippen LogP contribution in [-0.4, -0.2) is 27.6 Å². The van der Waals surface area contributed by atoms with Crippen LogP contribution in [0.4, 0.5) is 5.95 Å². The molecule has 0 unspecified atom stereocenters. The first-order valence-electron chi connectivity index (χ1n) is 6.70. The van der Waals surface area contributed by atoms with Gasteiger partial charge in [-0.1, -0.05) is 12.1 Å². The van der Waals surface area contributed by atoms with Crippen molar-refractivity contribution in [2.24, 2.45) is 10.7 Å². The highest BCUT2D eigenvalue weighted by molar-refractivity contribution is 5.90. The van der Waals surface area contributed by atoms with E-state index in [2.05, 4.69) is 20.3 Å². The number of nitrogens with zero attached hydrogens (tertiary/aromatic N) is 3. The standard InChI is InChI=1S/C15H19N5O/c1-10-8-11(2)19-15(18-10)20-14(16)17-7-6-12-4-3-5-13(21)9-12/h3-5,8-9,21H,6-7H2,1-2H3,(H3,16,17,18,19,20). The van der Waals surface area contributed by atoms with Crippen molar-refractivity contribution in [2.45, 2.75) is 20.3 Å². The smallest absolute Gasteiger partial charge is 0.229 e. The van der Waals surface area contributed by atoms with Crippen LogP contribution in [0.15, 0.2) is 35.3 Å². The Morgan fingerprint density at radius 3 is 2.62 bits per heavy atom. The lowest BCUT2D eigenvalue weighted by atomic mass is 10.1. The van der Waals surface area contributed by atoms with Gasteiger partial charge in [0.1, 0.15) is 5.75 Å². The highest BCUT2D eigenvalue weighted by Gasteiger charge is 2.01. The van der Waals surface area contributed by atoms with Crippen LogP contribution in [0.1, 0.15) is 17.0 Å². The van der Waals surface area contributed by atoms with Gasteiger partial charge in [0.15, 0.2) is 5.96 Å². The lowest BCUT2D eigenvalue weighted by Gasteiger charge is -2.06. The van der Waals surface area contributed by atoms with Crippen LogP contribution in [0.3, 0.4) is 0 Å². The average molecular weight is 285 g/mol. The number of aromatic hydroxyl groups is 1. The van der Waals surface area contributed by atoms with Gasteiger partial charge in [0.05, 0.1) is 0 Å². The van der Waals surface area contributed by atoms with Crippen LogP contribution >= 0.6 is 0 Å². The number of anilines is 1. The maximum Gasteiger partial charge on any atom is 0.229 e. The maximum absolute atomic E-state index is 9.38. The van der Waals surface area contributed by atoms with Gasteiger partial charge < -0.3 is 10.8 Å². The number of benzene rings is 1. The van der Waals surface area contributed by atoms with Gasteiger partial charge in [-0.05, 0) is 44.0 Å². The number of rotatable bonds is 4. The predicted octanol–water partition coefficient (Wildman–Crippen LogP) is 1.77. The fourth-order valence-corrected chi connectivity index (χ4v) is 1.95. The molecule has 0 fully saturated rings. The summed E-state index contributed by atoms with van der Waals surface area (Å²) in [6, 6.07) is 8.98. The molecule has 21 heavy (non-hydrogen) atoms. The SMILES string of the molecule is Cc1cc(C)nc(NC(N)=NCCc2cccc(O)c2)n1. The number of guanidine groups is 1. The zero-order valence-electron chi connectivity index (χ0n) is 12.2. The van der Waals surface area contributed by atoms with Crippen LogP contribution in [0.2, 0.25) is 0 Å². The van der Waals surface area contributed by atoms with Gasteiger partial charge in [0.2, 0.25) is 5.95 Å². The Labute approximate surface area is 123 Å². The van der Waals surface area contributed by atoms with E-state index >= 15 is 0 Å². The Morgan fingerprint density at radius 2 is 1.95 bits per heavy atom. The monoisotopic (exact) mass is 285 g/mol. The van der Waals surface area contributed by atoms with E-state index in [1.165, 1.54) is 0 Å². The fourth-order valence-electron chi connectivity index (χ4n) is 1.95. The van der Waals surface area contributed by atoms with Crippen molar-refractivity contribution in [3.63, 3.8) is 0 Å². The zero-order valence-corrected chi connectivity index (χ0v) is 12.2. The summed E-state index contributed by atoms with van der Waals surface area (Å²) < 4.78 is 0. The summed E-state index contributed by atoms with van der Waals surface area (Å²) in [4.78, 5) is 12.7. The molecule has 1 aromatic heterocycles. The molecule has 4 N–H and O–H groups in total. The Morgan fingerprint density at radius 1 is 1.24 bits per heavy atom. The second kappa shape index (κ2) is 6.69. The summed E-state index contributed by atoms with van der Waals surface area (Å²) in [5.74, 6) is 0.984. The van der Waals surface area contributed by atoms with Crippen molar-refractivity contribution in [2.75, 3.05) is 11.9 Å². The summed E-state index contributed by atoms with van der Waals surface area (Å²) in [5, 5.41) is 12.3. The maximum atomic E-state index is 9.38. The molecule has 0 saturated carbocycles. The molecule has 1 heterocycles. The molecule has 2 aromatic rings. The third-order valence-corrected chi connectivity index (χ3v) is 2.82. The Hall–Kier alpha value is -2.63. The first kappa shape index (κ1) is 14.8. The summed E-state index contributed by atoms with van der Waals surface area (Å²) >= 11 is 0. The number of hydrogen-bond donors (Lipinski definition) is 3. The van der Waals surface area contributed by atoms with E-state index in [1.807, 2.05) is 26.0 Å². The van der Waals surface area contributed by atoms with Gasteiger partial charge in [0, 0.05) is 17.9 Å². The summed E-state index contributed by atoms with van der Waals surface area (Å²) in [6.07, 6.45) is 0.699. The molecule has 0 aliphatic rings. The molecule has 0 aliphatic heterocycles. The summed E-state index contributed by atoms with van der Waals surface area (Å²) in [6.45, 7) is 4.32. The third-order valence-electron chi connectivity index (χ3n) is 2.82. The van der Waals surface area contributed by atoms with Crippen LogP contribution < -0.4 is 11.1 Å². The normalized spacial score (nSPS) is 11.4. The fraction of sp³-hybridized carbons (Fsp3) is 0.267. The van der Waals surface area contributed by atoms with Crippen LogP contribution in [0.5, 0.6) is 5.75 Å². The molecule has 0 bridgehead atoms. The van der Waals surface area contributed by atoms with Crippen molar-refractivity contribution in [3.8, 4) is 5.75 Å². The number of aryl methyl sites for hydroxylation is 2. The van der Waals surface area contributed by atoms with Gasteiger partial charge in [-0.3, -0.25) is 10.3 Å². The predicted molar refractivity (Wildman–Crippen MR) is 83.4 cm³/mol. The zero-order chi connectivity index (χ0) is 15.2. The van der Waals surface area contributed by atoms with Gasteiger partial charge in [-0.15, -0.1) is 0 Å². The number of nitrogens with one attached hydrogen (secondary N) is 1. The molecule has 0 spiro atoms. The molecule has 6 heteroatoms. The summed E-state index contributed by atoms with van der Waals surface area (Å²) in [7, 11) is 0. The van der Waals surface area contributed by atoms with E-state index < -0.39 is 0 Å². The van der Waals surface area contributed by atoms with Crippen molar-refractivity contribution in [1.29, 1.82) is 0 Å². The molecule has 6 nitrogen and oxygen atoms in total. The van der Waals surface area contributed by atoms with Crippen molar-refractivity contribution in [3.05, 3.63) is 47.3 Å². The molecule has 0 aliphatic carbocycles. The van der Waals surface area contributed by atoms with Gasteiger partial charge in [0.25, 0.3) is 0 Å². The Balaban J connectivity index is 1.92. The van der Waals surface area contributed by atoms with E-state index in [0.29, 0.717) is 18.9 Å². The minimum absolute atomic E-state index is 0.256. The lowest BCUT2D eigenvalue weighted by molar-refractivity contribution is 0.474. The minimum atomic E-state index is 0.256. The van der Waals surface area contributed by atoms with Gasteiger partial charge in [-0.25, -0.2) is 9.97 Å². The largest absolute Gasteiger partial charge is 0.508 e. The topological polar surface area (TPSA) is 96.4 Å². The molecule has 0 saturated heterocycles. The highest BCUT2D eigenvalue weighted by atomic mass is 16.3. The summed E-state index contributed by atoms with van der Waals surface area (Å²) in [5.41, 5.74) is 8.56. The number of hydrogen-bond acceptors (Lipinski definition) is 4. The van der Waals surface area contributed by atoms with Crippen LogP contribution in [-0.2, 0) is 6.42 Å². The molecule has 2 rings (SSSR count). The molecular formula is C15H19N5O. The number of phenolic OH excluding ortho intramolecular Hbond substituents is 1. The van der Waals surface area contributed by atoms with Crippen LogP contribution in [0, 0.1) is 13.8 Å². The van der Waals surface area contributed by atoms with Crippen LogP contribution in [0.25, 0.3) is 0 Å². The number of nitrogens with two attached hydrogens (primary N) is 1. The molecule has 110 valence electrons. The Kier molecular flexibility index (Phi) is 4.71. The second-order valence-electron chi connectivity index (χ2n) is 4.79. The van der Waals surface area contributed by atoms with Gasteiger partial charge >= 0.3 is 0 Å². The van der Waals surface area contributed by atoms with E-state index in [0.717, 1.165) is 17.0 Å². The number of phenols is 1. The van der Waals surface area contributed by atoms with Crippen molar-refractivity contribution >= 4 is 11.9 Å². The number of aromatic nitrogens is 2. The molecule has 1 aromatic carbocycles. The first-order chi connectivity index (χ1) is 10.0.